The number of hydrogen-bond acceptors (Lipinski definition) is 2. The van der Waals surface area contributed by atoms with E-state index >= 15 is 0 Å². The van der Waals surface area contributed by atoms with E-state index in [1.165, 1.54) is 0 Å². The van der Waals surface area contributed by atoms with E-state index in [4.69, 9.17) is 11.6 Å². The number of pyridine rings is 1. The molecule has 0 aliphatic rings. The maximum absolute atomic E-state index is 11.9. The van der Waals surface area contributed by atoms with E-state index in [2.05, 4.69) is 4.98 Å². The van der Waals surface area contributed by atoms with Crippen LogP contribution in [0.4, 0.5) is 0 Å². The van der Waals surface area contributed by atoms with Gasteiger partial charge < -0.3 is 5.11 Å². The molecule has 1 heterocycles. The summed E-state index contributed by atoms with van der Waals surface area (Å²) in [5.74, 6) is -0.818. The second kappa shape index (κ2) is 6.06. The van der Waals surface area contributed by atoms with Gasteiger partial charge in [0.2, 0.25) is 0 Å². The number of aliphatic carboxylic acids is 1. The van der Waals surface area contributed by atoms with Crippen LogP contribution < -0.4 is 0 Å². The Morgan fingerprint density at radius 2 is 1.95 bits per heavy atom. The molecule has 0 spiro atoms. The van der Waals surface area contributed by atoms with Crippen LogP contribution in [0.2, 0.25) is 5.15 Å². The van der Waals surface area contributed by atoms with Crippen LogP contribution in [-0.2, 0) is 16.6 Å². The predicted octanol–water partition coefficient (Wildman–Crippen LogP) is 3.71. The second-order valence-corrected chi connectivity index (χ2v) is 5.16. The summed E-state index contributed by atoms with van der Waals surface area (Å²) in [6.45, 7) is 1.89. The molecular weight excluding hydrogens is 274 g/mol. The van der Waals surface area contributed by atoms with Crippen molar-refractivity contribution in [3.63, 3.8) is 0 Å². The van der Waals surface area contributed by atoms with Gasteiger partial charge in [-0.15, -0.1) is 0 Å². The van der Waals surface area contributed by atoms with E-state index in [0.717, 1.165) is 11.1 Å². The van der Waals surface area contributed by atoms with Crippen molar-refractivity contribution in [2.75, 3.05) is 0 Å². The Balaban J connectivity index is 2.42. The van der Waals surface area contributed by atoms with Crippen LogP contribution >= 0.6 is 11.6 Å². The Kier molecular flexibility index (Phi) is 4.40. The van der Waals surface area contributed by atoms with Crippen molar-refractivity contribution < 1.29 is 9.90 Å². The van der Waals surface area contributed by atoms with Crippen molar-refractivity contribution in [1.82, 2.24) is 4.98 Å². The van der Waals surface area contributed by atoms with Gasteiger partial charge >= 0.3 is 5.97 Å². The van der Waals surface area contributed by atoms with Crippen molar-refractivity contribution in [1.29, 1.82) is 0 Å². The highest BCUT2D eigenvalue weighted by molar-refractivity contribution is 6.29. The molecule has 1 N–H and O–H groups in total. The Bertz CT molecular complexity index is 583. The van der Waals surface area contributed by atoms with E-state index in [-0.39, 0.29) is 0 Å². The highest BCUT2D eigenvalue weighted by atomic mass is 35.5. The van der Waals surface area contributed by atoms with Gasteiger partial charge in [-0.05, 0) is 30.0 Å². The number of carboxylic acids is 1. The third-order valence-electron chi connectivity index (χ3n) is 3.63. The Morgan fingerprint density at radius 1 is 1.25 bits per heavy atom. The fourth-order valence-corrected chi connectivity index (χ4v) is 2.51. The predicted molar refractivity (Wildman–Crippen MR) is 79.0 cm³/mol. The highest BCUT2D eigenvalue weighted by Gasteiger charge is 2.38. The summed E-state index contributed by atoms with van der Waals surface area (Å²) in [4.78, 5) is 15.9. The number of aromatic nitrogens is 1. The second-order valence-electron chi connectivity index (χ2n) is 4.77. The van der Waals surface area contributed by atoms with Gasteiger partial charge in [0.05, 0.1) is 5.41 Å². The summed E-state index contributed by atoms with van der Waals surface area (Å²) in [5, 5.41) is 10.2. The first-order chi connectivity index (χ1) is 9.58. The van der Waals surface area contributed by atoms with E-state index in [1.54, 1.807) is 12.3 Å². The molecular formula is C16H16ClNO2. The highest BCUT2D eigenvalue weighted by Crippen LogP contribution is 2.32. The largest absolute Gasteiger partial charge is 0.481 e. The minimum absolute atomic E-state index is 0.396. The zero-order valence-corrected chi connectivity index (χ0v) is 12.0. The lowest BCUT2D eigenvalue weighted by Gasteiger charge is -2.28. The molecule has 0 aliphatic heterocycles. The lowest BCUT2D eigenvalue weighted by atomic mass is 9.74. The molecule has 3 nitrogen and oxygen atoms in total. The fraction of sp³-hybridized carbons (Fsp3) is 0.250. The summed E-state index contributed by atoms with van der Waals surface area (Å²) in [5.41, 5.74) is 0.740. The summed E-state index contributed by atoms with van der Waals surface area (Å²) < 4.78 is 0. The van der Waals surface area contributed by atoms with Crippen LogP contribution in [0.25, 0.3) is 0 Å². The number of benzene rings is 1. The standard InChI is InChI=1S/C16H16ClNO2/c1-2-16(15(19)20,13-6-4-3-5-7-13)10-12-8-9-14(17)18-11-12/h3-9,11H,2,10H2,1H3,(H,19,20). The van der Waals surface area contributed by atoms with E-state index in [9.17, 15) is 9.90 Å². The van der Waals surface area contributed by atoms with Crippen LogP contribution in [-0.4, -0.2) is 16.1 Å². The third-order valence-corrected chi connectivity index (χ3v) is 3.86. The van der Waals surface area contributed by atoms with Crippen LogP contribution in [0.15, 0.2) is 48.7 Å². The minimum atomic E-state index is -0.934. The van der Waals surface area contributed by atoms with E-state index in [0.29, 0.717) is 18.0 Å². The number of rotatable bonds is 5. The minimum Gasteiger partial charge on any atom is -0.481 e. The summed E-state index contributed by atoms with van der Waals surface area (Å²) in [7, 11) is 0. The molecule has 0 fully saturated rings. The van der Waals surface area contributed by atoms with Crippen molar-refractivity contribution in [3.05, 3.63) is 64.9 Å². The van der Waals surface area contributed by atoms with E-state index in [1.807, 2.05) is 43.3 Å². The van der Waals surface area contributed by atoms with E-state index < -0.39 is 11.4 Å². The summed E-state index contributed by atoms with van der Waals surface area (Å²) >= 11 is 5.77. The molecule has 20 heavy (non-hydrogen) atoms. The number of halogens is 1. The first kappa shape index (κ1) is 14.5. The molecule has 1 atom stereocenters. The quantitative estimate of drug-likeness (QED) is 0.854. The van der Waals surface area contributed by atoms with Crippen LogP contribution in [0, 0.1) is 0 Å². The Hall–Kier alpha value is -1.87. The molecule has 0 saturated carbocycles. The first-order valence-electron chi connectivity index (χ1n) is 6.48. The number of carbonyl (C=O) groups is 1. The fourth-order valence-electron chi connectivity index (χ4n) is 2.40. The number of hydrogen-bond donors (Lipinski definition) is 1. The zero-order valence-electron chi connectivity index (χ0n) is 11.2. The van der Waals surface area contributed by atoms with Crippen molar-refractivity contribution in [3.8, 4) is 0 Å². The Morgan fingerprint density at radius 3 is 2.45 bits per heavy atom. The molecule has 0 radical (unpaired) electrons. The normalized spacial score (nSPS) is 13.7. The Labute approximate surface area is 123 Å². The molecule has 1 unspecified atom stereocenters. The molecule has 1 aromatic carbocycles. The number of carboxylic acid groups (broad SMARTS) is 1. The van der Waals surface area contributed by atoms with Gasteiger partial charge in [0.1, 0.15) is 5.15 Å². The maximum Gasteiger partial charge on any atom is 0.314 e. The molecule has 2 rings (SSSR count). The molecule has 0 saturated heterocycles. The topological polar surface area (TPSA) is 50.2 Å². The molecule has 104 valence electrons. The molecule has 4 heteroatoms. The molecule has 1 aromatic heterocycles. The van der Waals surface area contributed by atoms with Gasteiger partial charge in [-0.25, -0.2) is 4.98 Å². The monoisotopic (exact) mass is 289 g/mol. The van der Waals surface area contributed by atoms with Gasteiger partial charge in [0.15, 0.2) is 0 Å². The zero-order chi connectivity index (χ0) is 14.6. The molecule has 0 amide bonds. The van der Waals surface area contributed by atoms with Crippen LogP contribution in [0.3, 0.4) is 0 Å². The van der Waals surface area contributed by atoms with Gasteiger partial charge in [-0.3, -0.25) is 4.79 Å². The van der Waals surface area contributed by atoms with Crippen LogP contribution in [0.5, 0.6) is 0 Å². The lowest BCUT2D eigenvalue weighted by Crippen LogP contribution is -2.37. The summed E-state index contributed by atoms with van der Waals surface area (Å²) in [6, 6.07) is 12.8. The molecule has 2 aromatic rings. The number of nitrogens with zero attached hydrogens (tertiary/aromatic N) is 1. The summed E-state index contributed by atoms with van der Waals surface area (Å²) in [6.07, 6.45) is 2.54. The smallest absolute Gasteiger partial charge is 0.314 e. The first-order valence-corrected chi connectivity index (χ1v) is 6.85. The van der Waals surface area contributed by atoms with Crippen molar-refractivity contribution in [2.24, 2.45) is 0 Å². The maximum atomic E-state index is 11.9. The lowest BCUT2D eigenvalue weighted by molar-refractivity contribution is -0.144. The molecule has 0 aliphatic carbocycles. The van der Waals surface area contributed by atoms with Gasteiger partial charge in [0.25, 0.3) is 0 Å². The van der Waals surface area contributed by atoms with Gasteiger partial charge in [0, 0.05) is 6.20 Å². The average molecular weight is 290 g/mol. The van der Waals surface area contributed by atoms with Crippen molar-refractivity contribution >= 4 is 17.6 Å². The van der Waals surface area contributed by atoms with Crippen molar-refractivity contribution in [2.45, 2.75) is 25.2 Å². The SMILES string of the molecule is CCC(Cc1ccc(Cl)nc1)(C(=O)O)c1ccccc1. The van der Waals surface area contributed by atoms with Gasteiger partial charge in [-0.1, -0.05) is 54.9 Å². The van der Waals surface area contributed by atoms with Crippen LogP contribution in [0.1, 0.15) is 24.5 Å². The average Bonchev–Trinajstić information content (AvgIpc) is 2.47. The third kappa shape index (κ3) is 2.83. The van der Waals surface area contributed by atoms with Gasteiger partial charge in [-0.2, -0.15) is 0 Å². The molecule has 0 bridgehead atoms.